The first kappa shape index (κ1) is 20.7. The van der Waals surface area contributed by atoms with Gasteiger partial charge in [-0.2, -0.15) is 0 Å². The number of para-hydroxylation sites is 1. The fraction of sp³-hybridized carbons (Fsp3) is 0.296. The molecule has 0 spiro atoms. The van der Waals surface area contributed by atoms with E-state index in [0.29, 0.717) is 5.52 Å². The minimum Gasteiger partial charge on any atom is -0.497 e. The van der Waals surface area contributed by atoms with Gasteiger partial charge in [0, 0.05) is 36.8 Å². The van der Waals surface area contributed by atoms with Crippen molar-refractivity contribution in [3.63, 3.8) is 0 Å². The van der Waals surface area contributed by atoms with Crippen LogP contribution in [0, 0.1) is 12.7 Å². The molecule has 1 aliphatic heterocycles. The summed E-state index contributed by atoms with van der Waals surface area (Å²) in [5.74, 6) is 1.31. The van der Waals surface area contributed by atoms with Crippen molar-refractivity contribution in [2.45, 2.75) is 32.4 Å². The lowest BCUT2D eigenvalue weighted by Gasteiger charge is -2.32. The van der Waals surface area contributed by atoms with Crippen LogP contribution in [0.25, 0.3) is 21.7 Å². The van der Waals surface area contributed by atoms with E-state index in [2.05, 4.69) is 40.2 Å². The fourth-order valence-corrected chi connectivity index (χ4v) is 4.52. The molecule has 32 heavy (non-hydrogen) atoms. The van der Waals surface area contributed by atoms with Crippen molar-refractivity contribution < 1.29 is 13.9 Å². The molecule has 1 aliphatic rings. The molecule has 0 radical (unpaired) electrons. The zero-order chi connectivity index (χ0) is 22.1. The predicted molar refractivity (Wildman–Crippen MR) is 126 cm³/mol. The normalized spacial score (nSPS) is 15.3. The standard InChI is InChI=1S/C27H27FN2O2/c1-18-14-26(24-4-3-5-25(28)27(24)29-18)32-22-10-12-30(13-11-22)17-19-6-7-21-16-23(31-2)9-8-20(21)15-19/h3-9,14-16,22H,10-13,17H2,1-2H3. The monoisotopic (exact) mass is 430 g/mol. The maximum Gasteiger partial charge on any atom is 0.149 e. The smallest absolute Gasteiger partial charge is 0.149 e. The zero-order valence-corrected chi connectivity index (χ0v) is 18.5. The number of aromatic nitrogens is 1. The number of benzene rings is 3. The minimum atomic E-state index is -0.306. The summed E-state index contributed by atoms with van der Waals surface area (Å²) in [5, 5.41) is 3.16. The van der Waals surface area contributed by atoms with Gasteiger partial charge in [-0.1, -0.05) is 24.3 Å². The maximum absolute atomic E-state index is 14.2. The molecular formula is C27H27FN2O2. The molecule has 4 aromatic rings. The molecule has 1 saturated heterocycles. The summed E-state index contributed by atoms with van der Waals surface area (Å²) >= 11 is 0. The SMILES string of the molecule is COc1ccc2cc(CN3CCC(Oc4cc(C)nc5c(F)cccc45)CC3)ccc2c1. The molecule has 3 aromatic carbocycles. The number of pyridine rings is 1. The van der Waals surface area contributed by atoms with Crippen LogP contribution in [0.4, 0.5) is 4.39 Å². The van der Waals surface area contributed by atoms with E-state index in [-0.39, 0.29) is 11.9 Å². The molecule has 0 atom stereocenters. The maximum atomic E-state index is 14.2. The number of hydrogen-bond donors (Lipinski definition) is 0. The van der Waals surface area contributed by atoms with Gasteiger partial charge < -0.3 is 9.47 Å². The molecule has 2 heterocycles. The van der Waals surface area contributed by atoms with Crippen LogP contribution in [0.3, 0.4) is 0 Å². The quantitative estimate of drug-likeness (QED) is 0.396. The molecule has 5 rings (SSSR count). The van der Waals surface area contributed by atoms with Crippen molar-refractivity contribution in [3.05, 3.63) is 77.7 Å². The molecule has 5 heteroatoms. The Bertz CT molecular complexity index is 1270. The van der Waals surface area contributed by atoms with E-state index in [1.165, 1.54) is 22.4 Å². The van der Waals surface area contributed by atoms with E-state index in [1.807, 2.05) is 25.1 Å². The second kappa shape index (κ2) is 8.75. The third-order valence-electron chi connectivity index (χ3n) is 6.23. The first-order valence-electron chi connectivity index (χ1n) is 11.1. The molecule has 0 bridgehead atoms. The van der Waals surface area contributed by atoms with Crippen LogP contribution >= 0.6 is 0 Å². The van der Waals surface area contributed by atoms with Gasteiger partial charge in [0.05, 0.1) is 7.11 Å². The second-order valence-corrected chi connectivity index (χ2v) is 8.54. The average Bonchev–Trinajstić information content (AvgIpc) is 2.80. The van der Waals surface area contributed by atoms with Gasteiger partial charge in [0.15, 0.2) is 0 Å². The summed E-state index contributed by atoms with van der Waals surface area (Å²) in [5.41, 5.74) is 2.46. The summed E-state index contributed by atoms with van der Waals surface area (Å²) < 4.78 is 25.8. The number of aryl methyl sites for hydroxylation is 1. The Morgan fingerprint density at radius 3 is 2.59 bits per heavy atom. The summed E-state index contributed by atoms with van der Waals surface area (Å²) in [6.07, 6.45) is 2.02. The van der Waals surface area contributed by atoms with Gasteiger partial charge in [-0.05, 0) is 66.4 Å². The number of ether oxygens (including phenoxy) is 2. The zero-order valence-electron chi connectivity index (χ0n) is 18.5. The summed E-state index contributed by atoms with van der Waals surface area (Å²) in [6, 6.07) is 19.8. The van der Waals surface area contributed by atoms with E-state index in [9.17, 15) is 4.39 Å². The van der Waals surface area contributed by atoms with Crippen LogP contribution in [-0.2, 0) is 6.54 Å². The largest absolute Gasteiger partial charge is 0.497 e. The Balaban J connectivity index is 1.24. The highest BCUT2D eigenvalue weighted by Crippen LogP contribution is 2.30. The molecule has 0 aliphatic carbocycles. The van der Waals surface area contributed by atoms with Crippen molar-refractivity contribution in [3.8, 4) is 11.5 Å². The average molecular weight is 431 g/mol. The number of hydrogen-bond acceptors (Lipinski definition) is 4. The summed E-state index contributed by atoms with van der Waals surface area (Å²) in [6.45, 7) is 4.75. The van der Waals surface area contributed by atoms with Crippen LogP contribution in [0.5, 0.6) is 11.5 Å². The molecule has 0 amide bonds. The Kier molecular flexibility index (Phi) is 5.66. The van der Waals surface area contributed by atoms with Crippen LogP contribution in [0.15, 0.2) is 60.7 Å². The van der Waals surface area contributed by atoms with Crippen molar-refractivity contribution in [1.29, 1.82) is 0 Å². The van der Waals surface area contributed by atoms with E-state index in [4.69, 9.17) is 9.47 Å². The number of halogens is 1. The van der Waals surface area contributed by atoms with Gasteiger partial charge in [-0.3, -0.25) is 4.90 Å². The van der Waals surface area contributed by atoms with Crippen LogP contribution in [-0.4, -0.2) is 36.2 Å². The van der Waals surface area contributed by atoms with Gasteiger partial charge in [0.1, 0.15) is 28.9 Å². The Morgan fingerprint density at radius 1 is 1.00 bits per heavy atom. The van der Waals surface area contributed by atoms with Crippen molar-refractivity contribution >= 4 is 21.7 Å². The van der Waals surface area contributed by atoms with E-state index < -0.39 is 0 Å². The Hall–Kier alpha value is -3.18. The van der Waals surface area contributed by atoms with Gasteiger partial charge in [-0.15, -0.1) is 0 Å². The highest BCUT2D eigenvalue weighted by molar-refractivity contribution is 5.86. The summed E-state index contributed by atoms with van der Waals surface area (Å²) in [4.78, 5) is 6.82. The lowest BCUT2D eigenvalue weighted by molar-refractivity contribution is 0.0979. The topological polar surface area (TPSA) is 34.6 Å². The van der Waals surface area contributed by atoms with Crippen LogP contribution in [0.2, 0.25) is 0 Å². The lowest BCUT2D eigenvalue weighted by Crippen LogP contribution is -2.37. The van der Waals surface area contributed by atoms with E-state index in [0.717, 1.165) is 55.1 Å². The highest BCUT2D eigenvalue weighted by atomic mass is 19.1. The summed E-state index contributed by atoms with van der Waals surface area (Å²) in [7, 11) is 1.69. The third-order valence-corrected chi connectivity index (χ3v) is 6.23. The Morgan fingerprint density at radius 2 is 1.78 bits per heavy atom. The van der Waals surface area contributed by atoms with Gasteiger partial charge in [0.2, 0.25) is 0 Å². The van der Waals surface area contributed by atoms with Gasteiger partial charge in [0.25, 0.3) is 0 Å². The van der Waals surface area contributed by atoms with Crippen molar-refractivity contribution in [1.82, 2.24) is 9.88 Å². The van der Waals surface area contributed by atoms with Crippen LogP contribution in [0.1, 0.15) is 24.1 Å². The predicted octanol–water partition coefficient (Wildman–Crippen LogP) is 5.89. The number of fused-ring (bicyclic) bond motifs is 2. The molecule has 0 saturated carbocycles. The lowest BCUT2D eigenvalue weighted by atomic mass is 10.0. The number of piperidine rings is 1. The highest BCUT2D eigenvalue weighted by Gasteiger charge is 2.22. The number of nitrogens with zero attached hydrogens (tertiary/aromatic N) is 2. The van der Waals surface area contributed by atoms with Crippen molar-refractivity contribution in [2.75, 3.05) is 20.2 Å². The molecular weight excluding hydrogens is 403 g/mol. The molecule has 1 fully saturated rings. The molecule has 1 aromatic heterocycles. The molecule has 4 nitrogen and oxygen atoms in total. The number of rotatable bonds is 5. The molecule has 164 valence electrons. The van der Waals surface area contributed by atoms with E-state index in [1.54, 1.807) is 13.2 Å². The first-order chi connectivity index (χ1) is 15.6. The van der Waals surface area contributed by atoms with Crippen LogP contribution < -0.4 is 9.47 Å². The van der Waals surface area contributed by atoms with E-state index >= 15 is 0 Å². The van der Waals surface area contributed by atoms with Crippen molar-refractivity contribution in [2.24, 2.45) is 0 Å². The molecule has 0 unspecified atom stereocenters. The first-order valence-corrected chi connectivity index (χ1v) is 11.1. The third kappa shape index (κ3) is 4.26. The number of likely N-dealkylation sites (tertiary alicyclic amines) is 1. The molecule has 0 N–H and O–H groups in total. The van der Waals surface area contributed by atoms with Gasteiger partial charge in [-0.25, -0.2) is 9.37 Å². The second-order valence-electron chi connectivity index (χ2n) is 8.54. The number of methoxy groups -OCH3 is 1. The Labute approximate surface area is 187 Å². The minimum absolute atomic E-state index is 0.128. The van der Waals surface area contributed by atoms with Gasteiger partial charge >= 0.3 is 0 Å². The fourth-order valence-electron chi connectivity index (χ4n) is 4.52.